The molecule has 0 spiro atoms. The van der Waals surface area contributed by atoms with Crippen molar-refractivity contribution in [3.8, 4) is 0 Å². The van der Waals surface area contributed by atoms with Crippen LogP contribution in [-0.4, -0.2) is 36.9 Å². The van der Waals surface area contributed by atoms with Crippen LogP contribution in [0, 0.1) is 5.41 Å². The topological polar surface area (TPSA) is 87.5 Å². The molecule has 0 bridgehead atoms. The quantitative estimate of drug-likeness (QED) is 0.419. The van der Waals surface area contributed by atoms with E-state index in [4.69, 9.17) is 5.84 Å². The van der Waals surface area contributed by atoms with Gasteiger partial charge >= 0.3 is 0 Å². The lowest BCUT2D eigenvalue weighted by Gasteiger charge is -2.28. The van der Waals surface area contributed by atoms with Gasteiger partial charge in [-0.1, -0.05) is 30.3 Å². The number of carbonyl (C=O) groups excluding carboxylic acids is 2. The molecule has 1 aliphatic heterocycles. The minimum Gasteiger partial charge on any atom is -0.359 e. The molecule has 2 rings (SSSR count). The molecule has 0 radical (unpaired) electrons. The van der Waals surface area contributed by atoms with Crippen LogP contribution in [0.15, 0.2) is 30.3 Å². The van der Waals surface area contributed by atoms with Crippen LogP contribution in [0.25, 0.3) is 0 Å². The van der Waals surface area contributed by atoms with E-state index in [0.717, 1.165) is 5.56 Å². The molecule has 1 saturated heterocycles. The van der Waals surface area contributed by atoms with Crippen LogP contribution >= 0.6 is 0 Å². The molecule has 2 unspecified atom stereocenters. The average Bonchev–Trinajstić information content (AvgIpc) is 2.91. The summed E-state index contributed by atoms with van der Waals surface area (Å²) in [6, 6.07) is 9.01. The second-order valence-corrected chi connectivity index (χ2v) is 5.68. The first-order valence-electron chi connectivity index (χ1n) is 7.03. The second kappa shape index (κ2) is 6.24. The van der Waals surface area contributed by atoms with E-state index in [9.17, 15) is 9.59 Å². The monoisotopic (exact) mass is 290 g/mol. The third kappa shape index (κ3) is 3.06. The zero-order chi connectivity index (χ0) is 15.5. The molecule has 21 heavy (non-hydrogen) atoms. The van der Waals surface area contributed by atoms with Crippen LogP contribution in [0.3, 0.4) is 0 Å². The Morgan fingerprint density at radius 1 is 1.33 bits per heavy atom. The largest absolute Gasteiger partial charge is 0.359 e. The van der Waals surface area contributed by atoms with Gasteiger partial charge in [-0.25, -0.2) is 5.84 Å². The molecule has 0 saturated carbocycles. The van der Waals surface area contributed by atoms with Gasteiger partial charge in [-0.2, -0.15) is 0 Å². The summed E-state index contributed by atoms with van der Waals surface area (Å²) < 4.78 is 0. The van der Waals surface area contributed by atoms with Crippen molar-refractivity contribution in [2.75, 3.05) is 20.1 Å². The number of rotatable bonds is 4. The molecular formula is C15H22N4O2. The maximum Gasteiger partial charge on any atom is 0.255 e. The van der Waals surface area contributed by atoms with E-state index in [2.05, 4.69) is 10.7 Å². The predicted molar refractivity (Wildman–Crippen MR) is 79.9 cm³/mol. The zero-order valence-corrected chi connectivity index (χ0v) is 12.4. The van der Waals surface area contributed by atoms with Crippen molar-refractivity contribution in [2.24, 2.45) is 11.3 Å². The van der Waals surface area contributed by atoms with E-state index in [1.54, 1.807) is 7.05 Å². The van der Waals surface area contributed by atoms with Gasteiger partial charge in [0.25, 0.3) is 5.91 Å². The SMILES string of the molecule is CNC(=O)C1(C)CCN(C(C(=O)NN)c2ccccc2)C1. The summed E-state index contributed by atoms with van der Waals surface area (Å²) in [5.74, 6) is 5.07. The van der Waals surface area contributed by atoms with E-state index >= 15 is 0 Å². The standard InChI is InChI=1S/C15H22N4O2/c1-15(14(21)17-2)8-9-19(10-15)12(13(20)18-16)11-6-4-3-5-7-11/h3-7,12H,8-10,16H2,1-2H3,(H,17,21)(H,18,20). The van der Waals surface area contributed by atoms with Crippen molar-refractivity contribution in [3.63, 3.8) is 0 Å². The highest BCUT2D eigenvalue weighted by molar-refractivity contribution is 5.84. The first-order chi connectivity index (χ1) is 10.0. The Kier molecular flexibility index (Phi) is 4.59. The van der Waals surface area contributed by atoms with Gasteiger partial charge in [-0.15, -0.1) is 0 Å². The molecule has 6 nitrogen and oxygen atoms in total. The number of benzene rings is 1. The van der Waals surface area contributed by atoms with Crippen LogP contribution in [0.5, 0.6) is 0 Å². The molecule has 1 heterocycles. The second-order valence-electron chi connectivity index (χ2n) is 5.68. The van der Waals surface area contributed by atoms with E-state index in [-0.39, 0.29) is 11.8 Å². The first kappa shape index (κ1) is 15.5. The summed E-state index contributed by atoms with van der Waals surface area (Å²) >= 11 is 0. The summed E-state index contributed by atoms with van der Waals surface area (Å²) in [5.41, 5.74) is 2.63. The van der Waals surface area contributed by atoms with Gasteiger partial charge in [0.2, 0.25) is 5.91 Å². The lowest BCUT2D eigenvalue weighted by atomic mass is 9.89. The number of hydrogen-bond donors (Lipinski definition) is 3. The molecule has 1 aliphatic rings. The van der Waals surface area contributed by atoms with E-state index in [0.29, 0.717) is 19.5 Å². The van der Waals surface area contributed by atoms with Gasteiger partial charge < -0.3 is 5.32 Å². The van der Waals surface area contributed by atoms with Gasteiger partial charge in [0.1, 0.15) is 6.04 Å². The highest BCUT2D eigenvalue weighted by Gasteiger charge is 2.43. The molecule has 2 amide bonds. The number of nitrogens with zero attached hydrogens (tertiary/aromatic N) is 1. The van der Waals surface area contributed by atoms with Crippen LogP contribution < -0.4 is 16.6 Å². The van der Waals surface area contributed by atoms with Crippen LogP contribution in [-0.2, 0) is 9.59 Å². The normalized spacial score (nSPS) is 23.6. The Hall–Kier alpha value is -1.92. The summed E-state index contributed by atoms with van der Waals surface area (Å²) in [4.78, 5) is 26.2. The fourth-order valence-corrected chi connectivity index (χ4v) is 2.95. The van der Waals surface area contributed by atoms with E-state index in [1.165, 1.54) is 0 Å². The van der Waals surface area contributed by atoms with E-state index < -0.39 is 11.5 Å². The van der Waals surface area contributed by atoms with Crippen molar-refractivity contribution < 1.29 is 9.59 Å². The number of hydrazine groups is 1. The van der Waals surface area contributed by atoms with Crippen molar-refractivity contribution in [3.05, 3.63) is 35.9 Å². The minimum atomic E-state index is -0.476. The van der Waals surface area contributed by atoms with Crippen molar-refractivity contribution in [1.29, 1.82) is 0 Å². The maximum absolute atomic E-state index is 12.2. The molecule has 0 aromatic heterocycles. The lowest BCUT2D eigenvalue weighted by Crippen LogP contribution is -2.45. The summed E-state index contributed by atoms with van der Waals surface area (Å²) in [6.45, 7) is 3.13. The van der Waals surface area contributed by atoms with Crippen LogP contribution in [0.2, 0.25) is 0 Å². The molecule has 0 aliphatic carbocycles. The zero-order valence-electron chi connectivity index (χ0n) is 12.4. The van der Waals surface area contributed by atoms with Gasteiger partial charge in [0.05, 0.1) is 5.41 Å². The highest BCUT2D eigenvalue weighted by Crippen LogP contribution is 2.35. The highest BCUT2D eigenvalue weighted by atomic mass is 16.2. The fourth-order valence-electron chi connectivity index (χ4n) is 2.95. The summed E-state index contributed by atoms with van der Waals surface area (Å²) in [7, 11) is 1.64. The van der Waals surface area contributed by atoms with Gasteiger partial charge in [-0.05, 0) is 18.9 Å². The Balaban J connectivity index is 2.24. The molecule has 1 fully saturated rings. The molecule has 6 heteroatoms. The molecule has 114 valence electrons. The van der Waals surface area contributed by atoms with Crippen molar-refractivity contribution in [2.45, 2.75) is 19.4 Å². The fraction of sp³-hybridized carbons (Fsp3) is 0.467. The van der Waals surface area contributed by atoms with Crippen LogP contribution in [0.1, 0.15) is 24.9 Å². The predicted octanol–water partition coefficient (Wildman–Crippen LogP) is 0.176. The third-order valence-corrected chi connectivity index (χ3v) is 4.15. The smallest absolute Gasteiger partial charge is 0.255 e. The van der Waals surface area contributed by atoms with Crippen LogP contribution in [0.4, 0.5) is 0 Å². The Morgan fingerprint density at radius 2 is 2.00 bits per heavy atom. The summed E-state index contributed by atoms with van der Waals surface area (Å²) in [5, 5.41) is 2.70. The number of carbonyl (C=O) groups is 2. The number of nitrogens with two attached hydrogens (primary N) is 1. The molecular weight excluding hydrogens is 268 g/mol. The molecule has 4 N–H and O–H groups in total. The number of likely N-dealkylation sites (tertiary alicyclic amines) is 1. The van der Waals surface area contributed by atoms with Crippen molar-refractivity contribution >= 4 is 11.8 Å². The number of amides is 2. The Morgan fingerprint density at radius 3 is 2.57 bits per heavy atom. The van der Waals surface area contributed by atoms with Crippen molar-refractivity contribution in [1.82, 2.24) is 15.6 Å². The summed E-state index contributed by atoms with van der Waals surface area (Å²) in [6.07, 6.45) is 0.716. The molecule has 1 aromatic carbocycles. The Labute approximate surface area is 124 Å². The molecule has 1 aromatic rings. The first-order valence-corrected chi connectivity index (χ1v) is 7.03. The van der Waals surface area contributed by atoms with Gasteiger partial charge in [0.15, 0.2) is 0 Å². The van der Waals surface area contributed by atoms with E-state index in [1.807, 2.05) is 42.2 Å². The Bertz CT molecular complexity index is 520. The molecule has 2 atom stereocenters. The van der Waals surface area contributed by atoms with Gasteiger partial charge in [-0.3, -0.25) is 19.9 Å². The third-order valence-electron chi connectivity index (χ3n) is 4.15. The minimum absolute atomic E-state index is 0.00460. The average molecular weight is 290 g/mol. The lowest BCUT2D eigenvalue weighted by molar-refractivity contribution is -0.131. The number of hydrogen-bond acceptors (Lipinski definition) is 4. The maximum atomic E-state index is 12.2. The number of nitrogens with one attached hydrogen (secondary N) is 2. The van der Waals surface area contributed by atoms with Gasteiger partial charge in [0, 0.05) is 20.1 Å².